The fourth-order valence-electron chi connectivity index (χ4n) is 4.55. The van der Waals surface area contributed by atoms with Crippen molar-refractivity contribution >= 4 is 52.5 Å². The lowest BCUT2D eigenvalue weighted by Crippen LogP contribution is -3.00. The van der Waals surface area contributed by atoms with Crippen molar-refractivity contribution in [3.05, 3.63) is 87.9 Å². The summed E-state index contributed by atoms with van der Waals surface area (Å²) in [5.41, 5.74) is 2.82. The molecule has 4 rings (SSSR count). The van der Waals surface area contributed by atoms with E-state index in [1.807, 2.05) is 66.7 Å². The van der Waals surface area contributed by atoms with Crippen LogP contribution in [0.4, 0.5) is 5.69 Å². The fourth-order valence-corrected chi connectivity index (χ4v) is 6.19. The zero-order chi connectivity index (χ0) is 28.2. The molecule has 0 spiro atoms. The van der Waals surface area contributed by atoms with Gasteiger partial charge in [0.1, 0.15) is 5.75 Å². The van der Waals surface area contributed by atoms with Crippen LogP contribution in [0.3, 0.4) is 0 Å². The topological polar surface area (TPSA) is 55.8 Å². The van der Waals surface area contributed by atoms with Crippen LogP contribution < -0.4 is 33.6 Å². The smallest absolute Gasteiger partial charge is 0.303 e. The van der Waals surface area contributed by atoms with E-state index >= 15 is 0 Å². The van der Waals surface area contributed by atoms with E-state index in [1.54, 1.807) is 12.0 Å². The molecule has 2 unspecified atom stereocenters. The number of nitrogens with zero attached hydrogens (tertiary/aromatic N) is 2. The Balaban J connectivity index is 0.00000441. The molecular weight excluding hydrogens is 682 g/mol. The molecule has 2 atom stereocenters. The van der Waals surface area contributed by atoms with Gasteiger partial charge in [0, 0.05) is 18.2 Å². The average molecular weight is 715 g/mol. The van der Waals surface area contributed by atoms with Crippen LogP contribution in [0.2, 0.25) is 10.0 Å². The predicted octanol–water partition coefficient (Wildman–Crippen LogP) is 3.44. The lowest BCUT2D eigenvalue weighted by Gasteiger charge is -2.34. The minimum absolute atomic E-state index is 0. The number of benzene rings is 3. The quantitative estimate of drug-likeness (QED) is 0.193. The molecule has 10 heteroatoms. The number of likely N-dealkylation sites (N-methyl/N-ethyl adjacent to an activating group) is 1. The minimum Gasteiger partial charge on any atom is -1.00 e. The van der Waals surface area contributed by atoms with Crippen LogP contribution in [0.25, 0.3) is 0 Å². The number of anilines is 1. The number of hydrogen-bond acceptors (Lipinski definition) is 5. The number of hydrogen-bond donors (Lipinski definition) is 0. The second-order valence-corrected chi connectivity index (χ2v) is 12.2. The molecule has 0 bridgehead atoms. The summed E-state index contributed by atoms with van der Waals surface area (Å²) in [5.74, 6) is -0.000289. The molecule has 6 nitrogen and oxygen atoms in total. The molecule has 1 amide bonds. The third-order valence-electron chi connectivity index (χ3n) is 6.85. The van der Waals surface area contributed by atoms with Crippen molar-refractivity contribution in [2.24, 2.45) is 0 Å². The maximum atomic E-state index is 14.1. The Morgan fingerprint density at radius 1 is 1.00 bits per heavy atom. The summed E-state index contributed by atoms with van der Waals surface area (Å²) in [6, 6.07) is 21.1. The van der Waals surface area contributed by atoms with Gasteiger partial charge < -0.3 is 42.8 Å². The normalized spacial score (nSPS) is 16.9. The Morgan fingerprint density at radius 2 is 1.70 bits per heavy atom. The van der Waals surface area contributed by atoms with Crippen LogP contribution in [0.5, 0.6) is 5.75 Å². The molecule has 1 heterocycles. The molecule has 0 fully saturated rings. The molecular formula is C30H33Cl2IN2O4S. The molecule has 3 aromatic rings. The molecule has 3 aromatic carbocycles. The summed E-state index contributed by atoms with van der Waals surface area (Å²) >= 11 is 13.8. The van der Waals surface area contributed by atoms with Crippen LogP contribution in [0.15, 0.2) is 71.6 Å². The van der Waals surface area contributed by atoms with E-state index in [-0.39, 0.29) is 29.9 Å². The van der Waals surface area contributed by atoms with Gasteiger partial charge >= 0.3 is 5.97 Å². The maximum absolute atomic E-state index is 14.1. The number of halogens is 3. The first-order chi connectivity index (χ1) is 18.6. The third-order valence-corrected chi connectivity index (χ3v) is 8.96. The summed E-state index contributed by atoms with van der Waals surface area (Å²) in [6.45, 7) is 3.36. The molecule has 0 radical (unpaired) electrons. The van der Waals surface area contributed by atoms with Gasteiger partial charge in [-0.25, -0.2) is 0 Å². The van der Waals surface area contributed by atoms with Crippen LogP contribution >= 0.6 is 35.0 Å². The lowest BCUT2D eigenvalue weighted by atomic mass is 10.1. The monoisotopic (exact) mass is 714 g/mol. The van der Waals surface area contributed by atoms with Crippen molar-refractivity contribution in [2.75, 3.05) is 45.7 Å². The number of carbonyl (C=O) groups excluding carboxylic acids is 2. The van der Waals surface area contributed by atoms with Gasteiger partial charge in [-0.15, -0.1) is 11.8 Å². The number of methoxy groups -OCH3 is 1. The fraction of sp³-hybridized carbons (Fsp3) is 0.333. The number of ether oxygens (including phenoxy) is 2. The summed E-state index contributed by atoms with van der Waals surface area (Å²) < 4.78 is 11.7. The molecule has 0 saturated carbocycles. The molecule has 214 valence electrons. The molecule has 40 heavy (non-hydrogen) atoms. The van der Waals surface area contributed by atoms with Gasteiger partial charge in [0.2, 0.25) is 0 Å². The van der Waals surface area contributed by atoms with E-state index in [9.17, 15) is 9.59 Å². The van der Waals surface area contributed by atoms with Gasteiger partial charge in [0.25, 0.3) is 5.91 Å². The van der Waals surface area contributed by atoms with Gasteiger partial charge in [-0.05, 0) is 47.5 Å². The Bertz CT molecular complexity index is 1340. The van der Waals surface area contributed by atoms with Crippen LogP contribution in [-0.4, -0.2) is 63.3 Å². The Hall–Kier alpha value is -1.98. The highest BCUT2D eigenvalue weighted by atomic mass is 127. The number of esters is 1. The van der Waals surface area contributed by atoms with Gasteiger partial charge in [0.15, 0.2) is 6.10 Å². The zero-order valence-corrected chi connectivity index (χ0v) is 27.4. The lowest BCUT2D eigenvalue weighted by molar-refractivity contribution is -0.888. The first kappa shape index (κ1) is 32.5. The SMILES string of the molecule is COc1ccc(C2Sc3ccccc3N(CC[N+](C)(C)CCc3ccc(Cl)c(Cl)c3)C(=O)C2OC(C)=O)cc1.[I-]. The summed E-state index contributed by atoms with van der Waals surface area (Å²) in [5, 5.41) is 0.683. The van der Waals surface area contributed by atoms with Crippen LogP contribution in [0.1, 0.15) is 23.3 Å². The average Bonchev–Trinajstić information content (AvgIpc) is 3.02. The molecule has 0 aliphatic carbocycles. The molecule has 1 aliphatic rings. The summed E-state index contributed by atoms with van der Waals surface area (Å²) in [6.07, 6.45) is -0.153. The van der Waals surface area contributed by atoms with Gasteiger partial charge in [-0.3, -0.25) is 9.59 Å². The maximum Gasteiger partial charge on any atom is 0.303 e. The first-order valence-electron chi connectivity index (χ1n) is 12.7. The summed E-state index contributed by atoms with van der Waals surface area (Å²) in [4.78, 5) is 29.0. The van der Waals surface area contributed by atoms with E-state index in [0.29, 0.717) is 27.6 Å². The minimum atomic E-state index is -0.972. The number of para-hydroxylation sites is 1. The van der Waals surface area contributed by atoms with E-state index in [2.05, 4.69) is 14.1 Å². The molecule has 0 saturated heterocycles. The second kappa shape index (κ2) is 14.3. The van der Waals surface area contributed by atoms with E-state index < -0.39 is 17.3 Å². The number of fused-ring (bicyclic) bond motifs is 1. The highest BCUT2D eigenvalue weighted by molar-refractivity contribution is 7.99. The van der Waals surface area contributed by atoms with Gasteiger partial charge in [0.05, 0.1) is 61.8 Å². The van der Waals surface area contributed by atoms with Crippen molar-refractivity contribution in [2.45, 2.75) is 29.6 Å². The second-order valence-electron chi connectivity index (χ2n) is 10.2. The van der Waals surface area contributed by atoms with Crippen molar-refractivity contribution < 1.29 is 47.5 Å². The van der Waals surface area contributed by atoms with Crippen molar-refractivity contribution in [1.29, 1.82) is 0 Å². The van der Waals surface area contributed by atoms with Gasteiger partial charge in [-0.2, -0.15) is 0 Å². The van der Waals surface area contributed by atoms with E-state index in [4.69, 9.17) is 32.7 Å². The highest BCUT2D eigenvalue weighted by Gasteiger charge is 2.41. The van der Waals surface area contributed by atoms with Crippen molar-refractivity contribution in [1.82, 2.24) is 0 Å². The predicted molar refractivity (Wildman–Crippen MR) is 158 cm³/mol. The van der Waals surface area contributed by atoms with Gasteiger partial charge in [-0.1, -0.05) is 53.5 Å². The summed E-state index contributed by atoms with van der Waals surface area (Å²) in [7, 11) is 5.90. The first-order valence-corrected chi connectivity index (χ1v) is 14.4. The van der Waals surface area contributed by atoms with E-state index in [0.717, 1.165) is 40.4 Å². The number of amides is 1. The number of carbonyl (C=O) groups is 2. The van der Waals surface area contributed by atoms with Crippen molar-refractivity contribution in [3.8, 4) is 5.75 Å². The third kappa shape index (κ3) is 8.06. The largest absolute Gasteiger partial charge is 1.00 e. The Morgan fingerprint density at radius 3 is 2.35 bits per heavy atom. The van der Waals surface area contributed by atoms with Crippen molar-refractivity contribution in [3.63, 3.8) is 0 Å². The molecule has 0 aromatic heterocycles. The number of thioether (sulfide) groups is 1. The van der Waals surface area contributed by atoms with E-state index in [1.165, 1.54) is 18.7 Å². The number of quaternary nitrogens is 1. The standard InChI is InChI=1S/C30H33Cl2N2O4S.HI/c1-20(35)38-28-29(22-10-12-23(37-4)13-11-22)39-27-8-6-5-7-26(27)33(30(28)36)16-18-34(2,3)17-15-21-9-14-24(31)25(32)19-21;/h5-14,19,28-29H,15-18H2,1-4H3;1H/q+1;/p-1. The Labute approximate surface area is 267 Å². The molecule has 0 N–H and O–H groups in total. The Kier molecular flexibility index (Phi) is 11.6. The van der Waals surface area contributed by atoms with Crippen LogP contribution in [0, 0.1) is 0 Å². The number of rotatable bonds is 9. The van der Waals surface area contributed by atoms with Crippen LogP contribution in [-0.2, 0) is 20.7 Å². The molecule has 1 aliphatic heterocycles. The highest BCUT2D eigenvalue weighted by Crippen LogP contribution is 2.47. The zero-order valence-electron chi connectivity index (χ0n) is 22.9.